The molecule has 0 saturated carbocycles. The molecule has 86 valence electrons. The van der Waals surface area contributed by atoms with Crippen molar-refractivity contribution >= 4 is 5.97 Å². The van der Waals surface area contributed by atoms with Crippen molar-refractivity contribution in [2.24, 2.45) is 0 Å². The minimum absolute atomic E-state index is 0.0800. The van der Waals surface area contributed by atoms with E-state index in [9.17, 15) is 15.0 Å². The Bertz CT molecular complexity index is 464. The van der Waals surface area contributed by atoms with Crippen LogP contribution in [0.25, 0.3) is 0 Å². The summed E-state index contributed by atoms with van der Waals surface area (Å²) in [5, 5.41) is 28.2. The van der Waals surface area contributed by atoms with Crippen LogP contribution in [0, 0.1) is 6.92 Å². The lowest BCUT2D eigenvalue weighted by Crippen LogP contribution is -2.03. The molecule has 1 aliphatic rings. The fourth-order valence-corrected chi connectivity index (χ4v) is 1.97. The molecule has 1 aromatic rings. The molecule has 0 saturated heterocycles. The molecule has 0 bridgehead atoms. The van der Waals surface area contributed by atoms with Gasteiger partial charge in [0.15, 0.2) is 0 Å². The maximum Gasteiger partial charge on any atom is 0.315 e. The molecule has 0 amide bonds. The lowest BCUT2D eigenvalue weighted by Gasteiger charge is -2.14. The molecule has 0 aliphatic carbocycles. The molecular weight excluding hydrogens is 212 g/mol. The van der Waals surface area contributed by atoms with Crippen LogP contribution in [0.3, 0.4) is 0 Å². The summed E-state index contributed by atoms with van der Waals surface area (Å²) in [4.78, 5) is 11.2. The molecule has 3 N–H and O–H groups in total. The Hall–Kier alpha value is -1.59. The van der Waals surface area contributed by atoms with E-state index in [1.54, 1.807) is 6.92 Å². The molecule has 0 fully saturated rings. The number of carbonyl (C=O) groups is 1. The molecule has 1 aliphatic heterocycles. The van der Waals surface area contributed by atoms with E-state index in [2.05, 4.69) is 0 Å². The lowest BCUT2D eigenvalue weighted by atomic mass is 9.96. The topological polar surface area (TPSA) is 87.0 Å². The Morgan fingerprint density at radius 2 is 1.88 bits per heavy atom. The van der Waals surface area contributed by atoms with E-state index < -0.39 is 12.6 Å². The van der Waals surface area contributed by atoms with Gasteiger partial charge < -0.3 is 20.1 Å². The van der Waals surface area contributed by atoms with Gasteiger partial charge in [-0.1, -0.05) is 0 Å². The number of carbonyl (C=O) groups excluding carboxylic acids is 1. The van der Waals surface area contributed by atoms with Crippen LogP contribution in [0.4, 0.5) is 0 Å². The standard InChI is InChI=1S/C11H12O5/c1-5-6-2-9(14)16-11(6)8(4-13)7(3-12)10(5)15/h12-13,15H,2-4H2,1H3. The first-order chi connectivity index (χ1) is 7.60. The fourth-order valence-electron chi connectivity index (χ4n) is 1.97. The molecule has 0 atom stereocenters. The van der Waals surface area contributed by atoms with Crippen molar-refractivity contribution in [3.05, 3.63) is 22.3 Å². The number of hydrogen-bond donors (Lipinski definition) is 3. The Kier molecular flexibility index (Phi) is 2.57. The molecule has 1 heterocycles. The molecule has 0 spiro atoms. The van der Waals surface area contributed by atoms with Gasteiger partial charge in [0.2, 0.25) is 0 Å². The number of phenols is 1. The van der Waals surface area contributed by atoms with E-state index in [0.717, 1.165) is 0 Å². The van der Waals surface area contributed by atoms with Crippen LogP contribution >= 0.6 is 0 Å². The van der Waals surface area contributed by atoms with Crippen molar-refractivity contribution in [2.75, 3.05) is 0 Å². The van der Waals surface area contributed by atoms with Gasteiger partial charge in [-0.3, -0.25) is 4.79 Å². The van der Waals surface area contributed by atoms with E-state index in [0.29, 0.717) is 11.1 Å². The molecule has 5 nitrogen and oxygen atoms in total. The number of aliphatic hydroxyl groups is 2. The van der Waals surface area contributed by atoms with E-state index in [1.807, 2.05) is 0 Å². The molecule has 5 heteroatoms. The van der Waals surface area contributed by atoms with Gasteiger partial charge >= 0.3 is 5.97 Å². The zero-order valence-corrected chi connectivity index (χ0v) is 8.78. The second-order valence-electron chi connectivity index (χ2n) is 3.71. The minimum atomic E-state index is -0.415. The second-order valence-corrected chi connectivity index (χ2v) is 3.71. The van der Waals surface area contributed by atoms with E-state index in [1.165, 1.54) is 0 Å². The third kappa shape index (κ3) is 1.36. The van der Waals surface area contributed by atoms with Gasteiger partial charge in [-0.25, -0.2) is 0 Å². The normalized spacial score (nSPS) is 13.8. The maximum atomic E-state index is 11.2. The first-order valence-corrected chi connectivity index (χ1v) is 4.88. The van der Waals surface area contributed by atoms with Crippen molar-refractivity contribution in [2.45, 2.75) is 26.6 Å². The average Bonchev–Trinajstić information content (AvgIpc) is 2.65. The van der Waals surface area contributed by atoms with E-state index >= 15 is 0 Å². The Morgan fingerprint density at radius 1 is 1.25 bits per heavy atom. The van der Waals surface area contributed by atoms with Crippen LogP contribution in [0.15, 0.2) is 0 Å². The number of esters is 1. The Balaban J connectivity index is 2.74. The fraction of sp³-hybridized carbons (Fsp3) is 0.364. The van der Waals surface area contributed by atoms with Crippen molar-refractivity contribution < 1.29 is 24.9 Å². The van der Waals surface area contributed by atoms with Crippen molar-refractivity contribution in [3.63, 3.8) is 0 Å². The first kappa shape index (κ1) is 10.9. The average molecular weight is 224 g/mol. The van der Waals surface area contributed by atoms with Gasteiger partial charge in [-0.05, 0) is 12.5 Å². The minimum Gasteiger partial charge on any atom is -0.507 e. The molecule has 0 radical (unpaired) electrons. The number of fused-ring (bicyclic) bond motifs is 1. The van der Waals surface area contributed by atoms with Crippen LogP contribution < -0.4 is 4.74 Å². The summed E-state index contributed by atoms with van der Waals surface area (Å²) in [6, 6.07) is 0. The van der Waals surface area contributed by atoms with Crippen LogP contribution in [-0.4, -0.2) is 21.3 Å². The third-order valence-electron chi connectivity index (χ3n) is 2.86. The van der Waals surface area contributed by atoms with Crippen molar-refractivity contribution in [1.29, 1.82) is 0 Å². The number of ether oxygens (including phenoxy) is 1. The molecule has 16 heavy (non-hydrogen) atoms. The third-order valence-corrected chi connectivity index (χ3v) is 2.86. The number of rotatable bonds is 2. The summed E-state index contributed by atoms with van der Waals surface area (Å²) in [5.41, 5.74) is 1.60. The van der Waals surface area contributed by atoms with Gasteiger partial charge in [0, 0.05) is 16.7 Å². The predicted octanol–water partition coefficient (Wildman–Crippen LogP) is 0.147. The van der Waals surface area contributed by atoms with Crippen LogP contribution in [-0.2, 0) is 24.4 Å². The highest BCUT2D eigenvalue weighted by Gasteiger charge is 2.29. The molecule has 0 aromatic heterocycles. The second kappa shape index (κ2) is 3.77. The van der Waals surface area contributed by atoms with E-state index in [4.69, 9.17) is 9.84 Å². The number of aromatic hydroxyl groups is 1. The van der Waals surface area contributed by atoms with Crippen LogP contribution in [0.5, 0.6) is 11.5 Å². The van der Waals surface area contributed by atoms with Gasteiger partial charge in [0.05, 0.1) is 19.6 Å². The summed E-state index contributed by atoms with van der Waals surface area (Å²) in [6.07, 6.45) is 0.0907. The van der Waals surface area contributed by atoms with Gasteiger partial charge in [0.25, 0.3) is 0 Å². The molecule has 0 unspecified atom stereocenters. The summed E-state index contributed by atoms with van der Waals surface area (Å²) in [7, 11) is 0. The molecule has 1 aromatic carbocycles. The summed E-state index contributed by atoms with van der Waals surface area (Å²) in [5.74, 6) is -0.210. The van der Waals surface area contributed by atoms with Gasteiger partial charge in [0.1, 0.15) is 11.5 Å². The zero-order chi connectivity index (χ0) is 11.9. The van der Waals surface area contributed by atoms with Gasteiger partial charge in [-0.15, -0.1) is 0 Å². The Morgan fingerprint density at radius 3 is 2.44 bits per heavy atom. The number of benzene rings is 1. The highest BCUT2D eigenvalue weighted by atomic mass is 16.5. The summed E-state index contributed by atoms with van der Waals surface area (Å²) < 4.78 is 4.99. The van der Waals surface area contributed by atoms with Gasteiger partial charge in [-0.2, -0.15) is 0 Å². The molecular formula is C11H12O5. The SMILES string of the molecule is Cc1c(O)c(CO)c(CO)c2c1CC(=O)O2. The summed E-state index contributed by atoms with van der Waals surface area (Å²) >= 11 is 0. The van der Waals surface area contributed by atoms with E-state index in [-0.39, 0.29) is 35.7 Å². The van der Waals surface area contributed by atoms with Crippen LogP contribution in [0.1, 0.15) is 22.3 Å². The largest absolute Gasteiger partial charge is 0.507 e. The van der Waals surface area contributed by atoms with Crippen LogP contribution in [0.2, 0.25) is 0 Å². The highest BCUT2D eigenvalue weighted by molar-refractivity contribution is 5.83. The lowest BCUT2D eigenvalue weighted by molar-refractivity contribution is -0.131. The quantitative estimate of drug-likeness (QED) is 0.491. The molecule has 2 rings (SSSR count). The predicted molar refractivity (Wildman–Crippen MR) is 54.0 cm³/mol. The van der Waals surface area contributed by atoms with Crippen molar-refractivity contribution in [3.8, 4) is 11.5 Å². The monoisotopic (exact) mass is 224 g/mol. The highest BCUT2D eigenvalue weighted by Crippen LogP contribution is 2.41. The Labute approximate surface area is 91.9 Å². The van der Waals surface area contributed by atoms with Crippen molar-refractivity contribution in [1.82, 2.24) is 0 Å². The maximum absolute atomic E-state index is 11.2. The first-order valence-electron chi connectivity index (χ1n) is 4.88. The number of hydrogen-bond acceptors (Lipinski definition) is 5. The summed E-state index contributed by atoms with van der Waals surface area (Å²) in [6.45, 7) is 0.850. The zero-order valence-electron chi connectivity index (χ0n) is 8.78. The smallest absolute Gasteiger partial charge is 0.315 e. The number of aliphatic hydroxyl groups excluding tert-OH is 2.